The van der Waals surface area contributed by atoms with Crippen molar-refractivity contribution < 1.29 is 14.3 Å². The number of amides is 1. The van der Waals surface area contributed by atoms with Crippen LogP contribution in [0.2, 0.25) is 0 Å². The van der Waals surface area contributed by atoms with Crippen molar-refractivity contribution in [1.29, 1.82) is 0 Å². The van der Waals surface area contributed by atoms with E-state index in [2.05, 4.69) is 12.2 Å². The third-order valence-electron chi connectivity index (χ3n) is 3.98. The van der Waals surface area contributed by atoms with Crippen LogP contribution >= 0.6 is 0 Å². The van der Waals surface area contributed by atoms with Gasteiger partial charge in [0.1, 0.15) is 11.5 Å². The van der Waals surface area contributed by atoms with Gasteiger partial charge in [0.15, 0.2) is 0 Å². The van der Waals surface area contributed by atoms with Crippen LogP contribution in [-0.4, -0.2) is 45.2 Å². The van der Waals surface area contributed by atoms with E-state index < -0.39 is 0 Å². The Kier molecular flexibility index (Phi) is 5.07. The van der Waals surface area contributed by atoms with E-state index in [0.717, 1.165) is 23.6 Å². The molecule has 1 amide bonds. The summed E-state index contributed by atoms with van der Waals surface area (Å²) in [5.74, 6) is 2.20. The molecule has 0 bridgehead atoms. The molecule has 116 valence electrons. The summed E-state index contributed by atoms with van der Waals surface area (Å²) in [5, 5.41) is 3.28. The first kappa shape index (κ1) is 15.6. The molecule has 2 unspecified atom stereocenters. The predicted octanol–water partition coefficient (Wildman–Crippen LogP) is 1.83. The Morgan fingerprint density at radius 2 is 2.14 bits per heavy atom. The van der Waals surface area contributed by atoms with E-state index in [0.29, 0.717) is 18.9 Å². The first-order chi connectivity index (χ1) is 10.1. The van der Waals surface area contributed by atoms with Gasteiger partial charge in [-0.25, -0.2) is 0 Å². The van der Waals surface area contributed by atoms with Crippen molar-refractivity contribution in [2.75, 3.05) is 34.4 Å². The smallest absolute Gasteiger partial charge is 0.222 e. The van der Waals surface area contributed by atoms with Gasteiger partial charge in [0.05, 0.1) is 20.3 Å². The molecule has 2 rings (SSSR count). The number of methoxy groups -OCH3 is 2. The summed E-state index contributed by atoms with van der Waals surface area (Å²) >= 11 is 0. The van der Waals surface area contributed by atoms with Gasteiger partial charge in [-0.15, -0.1) is 0 Å². The third kappa shape index (κ3) is 3.47. The number of carbonyl (C=O) groups is 1. The van der Waals surface area contributed by atoms with Crippen LogP contribution in [-0.2, 0) is 4.79 Å². The predicted molar refractivity (Wildman–Crippen MR) is 81.7 cm³/mol. The second kappa shape index (κ2) is 6.80. The van der Waals surface area contributed by atoms with Crippen molar-refractivity contribution in [2.45, 2.75) is 19.4 Å². The molecule has 2 atom stereocenters. The Balaban J connectivity index is 2.19. The van der Waals surface area contributed by atoms with Crippen molar-refractivity contribution in [3.8, 4) is 11.5 Å². The summed E-state index contributed by atoms with van der Waals surface area (Å²) in [5.41, 5.74) is 1.04. The lowest BCUT2D eigenvalue weighted by molar-refractivity contribution is -0.128. The van der Waals surface area contributed by atoms with Crippen LogP contribution in [0.4, 0.5) is 0 Å². The number of likely N-dealkylation sites (tertiary alicyclic amines) is 1. The third-order valence-corrected chi connectivity index (χ3v) is 3.98. The highest BCUT2D eigenvalue weighted by atomic mass is 16.5. The second-order valence-corrected chi connectivity index (χ2v) is 5.56. The summed E-state index contributed by atoms with van der Waals surface area (Å²) in [4.78, 5) is 13.9. The number of hydrogen-bond donors (Lipinski definition) is 1. The molecule has 1 N–H and O–H groups in total. The highest BCUT2D eigenvalue weighted by molar-refractivity contribution is 5.78. The molecular formula is C16H24N2O3. The number of rotatable bonds is 6. The zero-order valence-corrected chi connectivity index (χ0v) is 13.2. The number of nitrogens with one attached hydrogen (secondary N) is 1. The minimum Gasteiger partial charge on any atom is -0.497 e. The number of ether oxygens (including phenoxy) is 2. The van der Waals surface area contributed by atoms with Gasteiger partial charge in [0, 0.05) is 31.1 Å². The molecule has 5 heteroatoms. The minimum absolute atomic E-state index is 0.0418. The molecule has 0 saturated carbocycles. The monoisotopic (exact) mass is 292 g/mol. The quantitative estimate of drug-likeness (QED) is 0.869. The number of likely N-dealkylation sites (N-methyl/N-ethyl adjacent to an activating group) is 1. The standard InChI is InChI=1S/C16H24N2O3/c1-11-7-16(19)18(9-11)10-14(17-2)13-6-5-12(20-3)8-15(13)21-4/h5-6,8,11,14,17H,7,9-10H2,1-4H3. The lowest BCUT2D eigenvalue weighted by Crippen LogP contribution is -2.35. The molecule has 0 radical (unpaired) electrons. The van der Waals surface area contributed by atoms with Crippen LogP contribution in [0, 0.1) is 5.92 Å². The van der Waals surface area contributed by atoms with Crippen molar-refractivity contribution in [3.63, 3.8) is 0 Å². The summed E-state index contributed by atoms with van der Waals surface area (Å²) in [7, 11) is 5.18. The van der Waals surface area contributed by atoms with Gasteiger partial charge in [-0.05, 0) is 25.1 Å². The first-order valence-electron chi connectivity index (χ1n) is 7.26. The van der Waals surface area contributed by atoms with Gasteiger partial charge in [-0.2, -0.15) is 0 Å². The molecule has 1 aliphatic rings. The second-order valence-electron chi connectivity index (χ2n) is 5.56. The Labute approximate surface area is 126 Å². The average molecular weight is 292 g/mol. The molecule has 0 aliphatic carbocycles. The molecule has 1 heterocycles. The van der Waals surface area contributed by atoms with Crippen molar-refractivity contribution in [1.82, 2.24) is 10.2 Å². The lowest BCUT2D eigenvalue weighted by atomic mass is 10.0. The SMILES string of the molecule is CNC(CN1CC(C)CC1=O)c1ccc(OC)cc1OC. The van der Waals surface area contributed by atoms with Crippen LogP contribution in [0.25, 0.3) is 0 Å². The van der Waals surface area contributed by atoms with Gasteiger partial charge in [0.25, 0.3) is 0 Å². The van der Waals surface area contributed by atoms with Gasteiger partial charge in [-0.1, -0.05) is 6.92 Å². The first-order valence-corrected chi connectivity index (χ1v) is 7.26. The fraction of sp³-hybridized carbons (Fsp3) is 0.562. The molecular weight excluding hydrogens is 268 g/mol. The highest BCUT2D eigenvalue weighted by Gasteiger charge is 2.29. The normalized spacial score (nSPS) is 19.7. The number of nitrogens with zero attached hydrogens (tertiary/aromatic N) is 1. The zero-order valence-electron chi connectivity index (χ0n) is 13.2. The van der Waals surface area contributed by atoms with E-state index >= 15 is 0 Å². The molecule has 1 fully saturated rings. The van der Waals surface area contributed by atoms with E-state index in [-0.39, 0.29) is 11.9 Å². The van der Waals surface area contributed by atoms with Crippen LogP contribution < -0.4 is 14.8 Å². The number of carbonyl (C=O) groups excluding carboxylic acids is 1. The molecule has 21 heavy (non-hydrogen) atoms. The number of benzene rings is 1. The molecule has 0 aromatic heterocycles. The lowest BCUT2D eigenvalue weighted by Gasteiger charge is -2.25. The Bertz CT molecular complexity index is 504. The molecule has 1 saturated heterocycles. The summed E-state index contributed by atoms with van der Waals surface area (Å²) < 4.78 is 10.7. The van der Waals surface area contributed by atoms with Crippen LogP contribution in [0.5, 0.6) is 11.5 Å². The van der Waals surface area contributed by atoms with E-state index in [1.54, 1.807) is 14.2 Å². The topological polar surface area (TPSA) is 50.8 Å². The largest absolute Gasteiger partial charge is 0.497 e. The fourth-order valence-electron chi connectivity index (χ4n) is 2.82. The fourth-order valence-corrected chi connectivity index (χ4v) is 2.82. The van der Waals surface area contributed by atoms with Crippen molar-refractivity contribution in [3.05, 3.63) is 23.8 Å². The van der Waals surface area contributed by atoms with Crippen molar-refractivity contribution >= 4 is 5.91 Å². The van der Waals surface area contributed by atoms with Gasteiger partial charge in [0.2, 0.25) is 5.91 Å². The Hall–Kier alpha value is -1.75. The summed E-state index contributed by atoms with van der Waals surface area (Å²) in [6.07, 6.45) is 0.649. The maximum Gasteiger partial charge on any atom is 0.222 e. The minimum atomic E-state index is 0.0418. The molecule has 1 aromatic carbocycles. The molecule has 5 nitrogen and oxygen atoms in total. The Morgan fingerprint density at radius 1 is 1.38 bits per heavy atom. The van der Waals surface area contributed by atoms with Gasteiger partial charge in [-0.3, -0.25) is 4.79 Å². The average Bonchev–Trinajstić information content (AvgIpc) is 2.81. The summed E-state index contributed by atoms with van der Waals surface area (Å²) in [6.45, 7) is 3.60. The molecule has 1 aliphatic heterocycles. The van der Waals surface area contributed by atoms with Crippen LogP contribution in [0.15, 0.2) is 18.2 Å². The Morgan fingerprint density at radius 3 is 2.67 bits per heavy atom. The highest BCUT2D eigenvalue weighted by Crippen LogP contribution is 2.31. The van der Waals surface area contributed by atoms with Gasteiger partial charge >= 0.3 is 0 Å². The number of hydrogen-bond acceptors (Lipinski definition) is 4. The molecule has 0 spiro atoms. The van der Waals surface area contributed by atoms with Gasteiger partial charge < -0.3 is 19.7 Å². The van der Waals surface area contributed by atoms with E-state index in [9.17, 15) is 4.79 Å². The van der Waals surface area contributed by atoms with Crippen LogP contribution in [0.3, 0.4) is 0 Å². The van der Waals surface area contributed by atoms with Crippen molar-refractivity contribution in [2.24, 2.45) is 5.92 Å². The van der Waals surface area contributed by atoms with E-state index in [4.69, 9.17) is 9.47 Å². The maximum atomic E-state index is 12.0. The molecule has 1 aromatic rings. The van der Waals surface area contributed by atoms with E-state index in [1.165, 1.54) is 0 Å². The maximum absolute atomic E-state index is 12.0. The zero-order chi connectivity index (χ0) is 15.4. The summed E-state index contributed by atoms with van der Waals surface area (Å²) in [6, 6.07) is 5.81. The van der Waals surface area contributed by atoms with Crippen LogP contribution in [0.1, 0.15) is 24.9 Å². The van der Waals surface area contributed by atoms with E-state index in [1.807, 2.05) is 30.1 Å².